The Morgan fingerprint density at radius 3 is 2.82 bits per heavy atom. The number of nitriles is 1. The summed E-state index contributed by atoms with van der Waals surface area (Å²) in [6, 6.07) is 6.95. The summed E-state index contributed by atoms with van der Waals surface area (Å²) in [4.78, 5) is 15.5. The molecular weight excluding hydrogens is 304 g/mol. The third-order valence-electron chi connectivity index (χ3n) is 2.82. The number of thiazole rings is 1. The smallest absolute Gasteiger partial charge is 0.347 e. The average Bonchev–Trinajstić information content (AvgIpc) is 2.87. The molecule has 2 aromatic rings. The Balaban J connectivity index is 2.35. The molecule has 0 amide bonds. The topological polar surface area (TPSA) is 103 Å². The summed E-state index contributed by atoms with van der Waals surface area (Å²) in [6.07, 6.45) is -0.633. The van der Waals surface area contributed by atoms with E-state index in [0.717, 1.165) is 11.3 Å². The molecule has 22 heavy (non-hydrogen) atoms. The van der Waals surface area contributed by atoms with Gasteiger partial charge >= 0.3 is 5.97 Å². The van der Waals surface area contributed by atoms with Crippen molar-refractivity contribution in [2.45, 2.75) is 20.0 Å². The van der Waals surface area contributed by atoms with Crippen LogP contribution in [0.25, 0.3) is 10.6 Å². The molecule has 1 aromatic heterocycles. The van der Waals surface area contributed by atoms with Crippen LogP contribution in [0.1, 0.15) is 27.9 Å². The van der Waals surface area contributed by atoms with Gasteiger partial charge < -0.3 is 14.9 Å². The van der Waals surface area contributed by atoms with Crippen molar-refractivity contribution in [2.24, 2.45) is 0 Å². The molecule has 7 heteroatoms. The van der Waals surface area contributed by atoms with Crippen LogP contribution < -0.4 is 4.74 Å². The van der Waals surface area contributed by atoms with E-state index in [2.05, 4.69) is 4.98 Å². The summed E-state index contributed by atoms with van der Waals surface area (Å²) in [5.74, 6) is -0.641. The third kappa shape index (κ3) is 3.42. The molecule has 6 nitrogen and oxygen atoms in total. The maximum atomic E-state index is 11.1. The molecule has 2 N–H and O–H groups in total. The number of aliphatic hydroxyl groups is 1. The van der Waals surface area contributed by atoms with Crippen LogP contribution in [0.5, 0.6) is 5.75 Å². The van der Waals surface area contributed by atoms with Crippen LogP contribution in [0.2, 0.25) is 0 Å². The van der Waals surface area contributed by atoms with Crippen molar-refractivity contribution in [1.29, 1.82) is 5.26 Å². The lowest BCUT2D eigenvalue weighted by molar-refractivity contribution is 0.0701. The first-order valence-corrected chi connectivity index (χ1v) is 7.30. The van der Waals surface area contributed by atoms with Crippen molar-refractivity contribution >= 4 is 17.3 Å². The highest BCUT2D eigenvalue weighted by atomic mass is 32.1. The van der Waals surface area contributed by atoms with Gasteiger partial charge in [0.05, 0.1) is 17.4 Å². The SMILES string of the molecule is Cc1nc(-c2ccc(OCC(C)O)c(C#N)c2)sc1C(=O)O. The van der Waals surface area contributed by atoms with E-state index >= 15 is 0 Å². The number of rotatable bonds is 5. The number of nitrogens with zero attached hydrogens (tertiary/aromatic N) is 2. The number of carboxylic acids is 1. The van der Waals surface area contributed by atoms with Crippen LogP contribution in [-0.4, -0.2) is 33.9 Å². The van der Waals surface area contributed by atoms with Gasteiger partial charge in [-0.05, 0) is 32.0 Å². The lowest BCUT2D eigenvalue weighted by atomic mass is 10.1. The number of aliphatic hydroxyl groups excluding tert-OH is 1. The minimum absolute atomic E-state index is 0.0908. The fourth-order valence-corrected chi connectivity index (χ4v) is 2.71. The van der Waals surface area contributed by atoms with Crippen LogP contribution in [0, 0.1) is 18.3 Å². The first-order valence-electron chi connectivity index (χ1n) is 6.48. The molecule has 114 valence electrons. The fraction of sp³-hybridized carbons (Fsp3) is 0.267. The molecule has 1 heterocycles. The second-order valence-corrected chi connectivity index (χ2v) is 5.72. The predicted molar refractivity (Wildman–Crippen MR) is 81.1 cm³/mol. The Morgan fingerprint density at radius 2 is 2.27 bits per heavy atom. The molecule has 0 spiro atoms. The molecule has 0 aliphatic carbocycles. The average molecular weight is 318 g/mol. The van der Waals surface area contributed by atoms with E-state index in [4.69, 9.17) is 9.84 Å². The highest BCUT2D eigenvalue weighted by molar-refractivity contribution is 7.17. The Hall–Kier alpha value is -2.43. The molecule has 0 aliphatic rings. The number of carbonyl (C=O) groups is 1. The number of carboxylic acid groups (broad SMARTS) is 1. The first kappa shape index (κ1) is 15.9. The van der Waals surface area contributed by atoms with Crippen LogP contribution in [0.15, 0.2) is 18.2 Å². The summed E-state index contributed by atoms with van der Waals surface area (Å²) in [7, 11) is 0. The molecule has 2 rings (SSSR count). The molecule has 0 fully saturated rings. The minimum atomic E-state index is -1.02. The van der Waals surface area contributed by atoms with Crippen molar-refractivity contribution in [2.75, 3.05) is 6.61 Å². The number of benzene rings is 1. The van der Waals surface area contributed by atoms with Crippen molar-refractivity contribution in [1.82, 2.24) is 4.98 Å². The van der Waals surface area contributed by atoms with E-state index in [0.29, 0.717) is 27.6 Å². The Morgan fingerprint density at radius 1 is 1.55 bits per heavy atom. The van der Waals surface area contributed by atoms with E-state index in [1.165, 1.54) is 0 Å². The van der Waals surface area contributed by atoms with E-state index in [1.807, 2.05) is 6.07 Å². The second kappa shape index (κ2) is 6.56. The Labute approximate surface area is 131 Å². The van der Waals surface area contributed by atoms with Gasteiger partial charge in [0, 0.05) is 5.56 Å². The molecule has 0 bridgehead atoms. The van der Waals surface area contributed by atoms with Crippen molar-refractivity contribution < 1.29 is 19.7 Å². The maximum absolute atomic E-state index is 11.1. The van der Waals surface area contributed by atoms with Crippen LogP contribution >= 0.6 is 11.3 Å². The number of aryl methyl sites for hydroxylation is 1. The van der Waals surface area contributed by atoms with Gasteiger partial charge in [-0.3, -0.25) is 0 Å². The molecular formula is C15H14N2O4S. The molecule has 1 unspecified atom stereocenters. The van der Waals surface area contributed by atoms with E-state index in [9.17, 15) is 15.2 Å². The van der Waals surface area contributed by atoms with Gasteiger partial charge in [0.15, 0.2) is 0 Å². The lowest BCUT2D eigenvalue weighted by Gasteiger charge is -2.10. The molecule has 0 aliphatic heterocycles. The van der Waals surface area contributed by atoms with Crippen molar-refractivity contribution in [3.05, 3.63) is 34.3 Å². The normalized spacial score (nSPS) is 11.7. The summed E-state index contributed by atoms with van der Waals surface area (Å²) < 4.78 is 5.36. The molecule has 0 saturated heterocycles. The number of hydrogen-bond donors (Lipinski definition) is 2. The second-order valence-electron chi connectivity index (χ2n) is 4.72. The van der Waals surface area contributed by atoms with Crippen molar-refractivity contribution in [3.8, 4) is 22.4 Å². The Kier molecular flexibility index (Phi) is 4.75. The summed E-state index contributed by atoms with van der Waals surface area (Å²) in [5, 5.41) is 28.0. The van der Waals surface area contributed by atoms with Gasteiger partial charge in [-0.15, -0.1) is 11.3 Å². The summed E-state index contributed by atoms with van der Waals surface area (Å²) >= 11 is 1.06. The van der Waals surface area contributed by atoms with Gasteiger partial charge in [-0.2, -0.15) is 5.26 Å². The van der Waals surface area contributed by atoms with Gasteiger partial charge in [-0.1, -0.05) is 0 Å². The standard InChI is InChI=1S/C15H14N2O4S/c1-8(18)7-21-12-4-3-10(5-11(12)6-16)14-17-9(2)13(22-14)15(19)20/h3-5,8,18H,7H2,1-2H3,(H,19,20). The molecule has 1 atom stereocenters. The minimum Gasteiger partial charge on any atom is -0.490 e. The fourth-order valence-electron chi connectivity index (χ4n) is 1.80. The molecule has 1 aromatic carbocycles. The zero-order valence-electron chi connectivity index (χ0n) is 12.0. The Bertz CT molecular complexity index is 746. The van der Waals surface area contributed by atoms with E-state index in [-0.39, 0.29) is 11.5 Å². The van der Waals surface area contributed by atoms with Gasteiger partial charge in [0.25, 0.3) is 0 Å². The molecule has 0 saturated carbocycles. The highest BCUT2D eigenvalue weighted by Gasteiger charge is 2.16. The van der Waals surface area contributed by atoms with Crippen molar-refractivity contribution in [3.63, 3.8) is 0 Å². The molecule has 0 radical (unpaired) electrons. The highest BCUT2D eigenvalue weighted by Crippen LogP contribution is 2.31. The van der Waals surface area contributed by atoms with Crippen LogP contribution in [0.3, 0.4) is 0 Å². The number of ether oxygens (including phenoxy) is 1. The number of aromatic carboxylic acids is 1. The van der Waals surface area contributed by atoms with E-state index in [1.54, 1.807) is 32.0 Å². The number of hydrogen-bond acceptors (Lipinski definition) is 6. The first-order chi connectivity index (χ1) is 10.4. The lowest BCUT2D eigenvalue weighted by Crippen LogP contribution is -2.13. The third-order valence-corrected chi connectivity index (χ3v) is 4.01. The van der Waals surface area contributed by atoms with Crippen LogP contribution in [-0.2, 0) is 0 Å². The monoisotopic (exact) mass is 318 g/mol. The maximum Gasteiger partial charge on any atom is 0.347 e. The van der Waals surface area contributed by atoms with Crippen LogP contribution in [0.4, 0.5) is 0 Å². The zero-order valence-corrected chi connectivity index (χ0v) is 12.8. The van der Waals surface area contributed by atoms with Gasteiger partial charge in [0.2, 0.25) is 0 Å². The summed E-state index contributed by atoms with van der Waals surface area (Å²) in [5.41, 5.74) is 1.41. The summed E-state index contributed by atoms with van der Waals surface area (Å²) in [6.45, 7) is 3.31. The quantitative estimate of drug-likeness (QED) is 0.877. The largest absolute Gasteiger partial charge is 0.490 e. The predicted octanol–water partition coefficient (Wildman–Crippen LogP) is 2.45. The van der Waals surface area contributed by atoms with Gasteiger partial charge in [0.1, 0.15) is 28.3 Å². The van der Waals surface area contributed by atoms with Gasteiger partial charge in [-0.25, -0.2) is 9.78 Å². The number of aromatic nitrogens is 1. The zero-order chi connectivity index (χ0) is 16.3. The van der Waals surface area contributed by atoms with E-state index < -0.39 is 12.1 Å².